The molecule has 2 aliphatic rings. The summed E-state index contributed by atoms with van der Waals surface area (Å²) in [6.07, 6.45) is 1.35. The molecule has 0 aromatic heterocycles. The first-order valence-electron chi connectivity index (χ1n) is 5.85. The van der Waals surface area contributed by atoms with Crippen molar-refractivity contribution in [2.75, 3.05) is 46.3 Å². The summed E-state index contributed by atoms with van der Waals surface area (Å²) < 4.78 is 26.2. The Hall–Kier alpha value is -0.170. The monoisotopic (exact) mass is 246 g/mol. The van der Waals surface area contributed by atoms with Crippen molar-refractivity contribution in [3.8, 4) is 0 Å². The average molecular weight is 246 g/mol. The normalized spacial score (nSPS) is 27.1. The molecule has 16 heavy (non-hydrogen) atoms. The molecule has 2 saturated heterocycles. The molecule has 0 bridgehead atoms. The molecule has 2 heterocycles. The van der Waals surface area contributed by atoms with E-state index in [0.29, 0.717) is 25.9 Å². The van der Waals surface area contributed by atoms with Gasteiger partial charge in [-0.1, -0.05) is 0 Å². The summed E-state index contributed by atoms with van der Waals surface area (Å²) in [4.78, 5) is 2.17. The molecular formula is C10H20N3O2S. The number of rotatable bonds is 2. The third-order valence-corrected chi connectivity index (χ3v) is 5.51. The lowest BCUT2D eigenvalue weighted by molar-refractivity contribution is 0.222. The smallest absolute Gasteiger partial charge is 0.221 e. The highest BCUT2D eigenvalue weighted by molar-refractivity contribution is 7.92. The lowest BCUT2D eigenvalue weighted by Gasteiger charge is -2.34. The van der Waals surface area contributed by atoms with Crippen molar-refractivity contribution < 1.29 is 8.42 Å². The van der Waals surface area contributed by atoms with Crippen LogP contribution in [0.15, 0.2) is 0 Å². The van der Waals surface area contributed by atoms with Gasteiger partial charge in [-0.05, 0) is 33.0 Å². The van der Waals surface area contributed by atoms with Gasteiger partial charge in [0, 0.05) is 26.2 Å². The summed E-state index contributed by atoms with van der Waals surface area (Å²) in [6, 6.07) is 0. The number of likely N-dealkylation sites (N-methyl/N-ethyl adjacent to an activating group) is 1. The molecule has 2 rings (SSSR count). The minimum atomic E-state index is -3.13. The van der Waals surface area contributed by atoms with Crippen LogP contribution in [-0.4, -0.2) is 63.9 Å². The molecule has 0 atom stereocenters. The van der Waals surface area contributed by atoms with E-state index in [1.165, 1.54) is 0 Å². The second-order valence-corrected chi connectivity index (χ2v) is 6.54. The van der Waals surface area contributed by atoms with E-state index in [1.54, 1.807) is 4.31 Å². The standard InChI is InChI=1S/C10H20N3O2S/c1-12-6-8-13(9-7-12)16(14,15)10-2-4-11-5-3-10/h11H,2-9H2,1H3. The number of nitrogens with zero attached hydrogens (tertiary/aromatic N) is 2. The van der Waals surface area contributed by atoms with Crippen LogP contribution in [0.2, 0.25) is 0 Å². The van der Waals surface area contributed by atoms with Gasteiger partial charge in [-0.15, -0.1) is 0 Å². The SMILES string of the molecule is CN1CCN(S(=O)(=O)[C]2CCNCC2)CC1. The summed E-state index contributed by atoms with van der Waals surface area (Å²) in [5.41, 5.74) is 0. The van der Waals surface area contributed by atoms with E-state index in [0.717, 1.165) is 31.4 Å². The molecule has 1 radical (unpaired) electrons. The number of piperazine rings is 1. The minimum absolute atomic E-state index is 0.635. The van der Waals surface area contributed by atoms with E-state index in [1.807, 2.05) is 7.05 Å². The number of sulfonamides is 1. The fourth-order valence-corrected chi connectivity index (χ4v) is 3.90. The average Bonchev–Trinajstić information content (AvgIpc) is 2.31. The van der Waals surface area contributed by atoms with Crippen molar-refractivity contribution >= 4 is 10.0 Å². The van der Waals surface area contributed by atoms with Gasteiger partial charge in [-0.2, -0.15) is 4.31 Å². The first kappa shape index (κ1) is 12.3. The van der Waals surface area contributed by atoms with Crippen LogP contribution in [0.3, 0.4) is 0 Å². The highest BCUT2D eigenvalue weighted by Crippen LogP contribution is 2.25. The number of nitrogens with one attached hydrogen (secondary N) is 1. The summed E-state index contributed by atoms with van der Waals surface area (Å²) in [7, 11) is -1.10. The summed E-state index contributed by atoms with van der Waals surface area (Å²) in [6.45, 7) is 4.53. The second kappa shape index (κ2) is 5.00. The molecule has 93 valence electrons. The van der Waals surface area contributed by atoms with E-state index >= 15 is 0 Å². The minimum Gasteiger partial charge on any atom is -0.317 e. The van der Waals surface area contributed by atoms with Gasteiger partial charge in [-0.3, -0.25) is 0 Å². The van der Waals surface area contributed by atoms with Gasteiger partial charge >= 0.3 is 0 Å². The molecule has 0 aromatic carbocycles. The molecule has 1 N–H and O–H groups in total. The summed E-state index contributed by atoms with van der Waals surface area (Å²) >= 11 is 0. The van der Waals surface area contributed by atoms with E-state index in [9.17, 15) is 8.42 Å². The molecule has 2 aliphatic heterocycles. The fraction of sp³-hybridized carbons (Fsp3) is 0.900. The van der Waals surface area contributed by atoms with Gasteiger partial charge in [0.15, 0.2) is 0 Å². The Morgan fingerprint density at radius 1 is 1.06 bits per heavy atom. The van der Waals surface area contributed by atoms with Crippen LogP contribution in [-0.2, 0) is 10.0 Å². The van der Waals surface area contributed by atoms with Gasteiger partial charge in [0.1, 0.15) is 5.25 Å². The maximum atomic E-state index is 12.3. The third-order valence-electron chi connectivity index (χ3n) is 3.33. The summed E-state index contributed by atoms with van der Waals surface area (Å²) in [5.74, 6) is 0. The van der Waals surface area contributed by atoms with E-state index in [2.05, 4.69) is 10.2 Å². The van der Waals surface area contributed by atoms with Crippen LogP contribution < -0.4 is 5.32 Å². The molecule has 6 heteroatoms. The number of piperidine rings is 1. The van der Waals surface area contributed by atoms with E-state index in [-0.39, 0.29) is 0 Å². The summed E-state index contributed by atoms with van der Waals surface area (Å²) in [5, 5.41) is 3.90. The quantitative estimate of drug-likeness (QED) is 0.712. The van der Waals surface area contributed by atoms with Crippen LogP contribution >= 0.6 is 0 Å². The fourth-order valence-electron chi connectivity index (χ4n) is 2.17. The zero-order valence-corrected chi connectivity index (χ0v) is 10.6. The molecular weight excluding hydrogens is 226 g/mol. The Kier molecular flexibility index (Phi) is 3.84. The van der Waals surface area contributed by atoms with Crippen molar-refractivity contribution in [2.24, 2.45) is 0 Å². The third kappa shape index (κ3) is 2.56. The van der Waals surface area contributed by atoms with Gasteiger partial charge in [-0.25, -0.2) is 8.42 Å². The molecule has 0 saturated carbocycles. The van der Waals surface area contributed by atoms with E-state index < -0.39 is 10.0 Å². The topological polar surface area (TPSA) is 52.7 Å². The van der Waals surface area contributed by atoms with Crippen molar-refractivity contribution in [1.82, 2.24) is 14.5 Å². The zero-order chi connectivity index (χ0) is 11.6. The van der Waals surface area contributed by atoms with Crippen LogP contribution in [0.4, 0.5) is 0 Å². The first-order valence-corrected chi connectivity index (χ1v) is 7.29. The van der Waals surface area contributed by atoms with Gasteiger partial charge in [0.25, 0.3) is 0 Å². The van der Waals surface area contributed by atoms with Crippen LogP contribution in [0, 0.1) is 5.25 Å². The molecule has 0 aromatic rings. The molecule has 0 aliphatic carbocycles. The number of hydrogen-bond donors (Lipinski definition) is 1. The zero-order valence-electron chi connectivity index (χ0n) is 9.78. The molecule has 5 nitrogen and oxygen atoms in total. The lowest BCUT2D eigenvalue weighted by Crippen LogP contribution is -2.49. The Morgan fingerprint density at radius 2 is 1.62 bits per heavy atom. The Labute approximate surface area is 97.8 Å². The predicted molar refractivity (Wildman–Crippen MR) is 63.3 cm³/mol. The molecule has 0 amide bonds. The van der Waals surface area contributed by atoms with Crippen LogP contribution in [0.25, 0.3) is 0 Å². The van der Waals surface area contributed by atoms with Crippen molar-refractivity contribution in [3.63, 3.8) is 0 Å². The first-order chi connectivity index (χ1) is 7.60. The molecule has 0 unspecified atom stereocenters. The van der Waals surface area contributed by atoms with E-state index in [4.69, 9.17) is 0 Å². The number of hydrogen-bond acceptors (Lipinski definition) is 4. The lowest BCUT2D eigenvalue weighted by atomic mass is 10.2. The van der Waals surface area contributed by atoms with Gasteiger partial charge in [0.05, 0.1) is 0 Å². The van der Waals surface area contributed by atoms with Crippen molar-refractivity contribution in [1.29, 1.82) is 0 Å². The van der Waals surface area contributed by atoms with Crippen LogP contribution in [0.1, 0.15) is 12.8 Å². The second-order valence-electron chi connectivity index (χ2n) is 4.50. The van der Waals surface area contributed by atoms with Gasteiger partial charge < -0.3 is 10.2 Å². The highest BCUT2D eigenvalue weighted by Gasteiger charge is 2.34. The maximum absolute atomic E-state index is 12.3. The van der Waals surface area contributed by atoms with Crippen LogP contribution in [0.5, 0.6) is 0 Å². The Bertz CT molecular complexity index is 317. The maximum Gasteiger partial charge on any atom is 0.221 e. The largest absolute Gasteiger partial charge is 0.317 e. The molecule has 2 fully saturated rings. The van der Waals surface area contributed by atoms with Crippen molar-refractivity contribution in [2.45, 2.75) is 12.8 Å². The highest BCUT2D eigenvalue weighted by atomic mass is 32.2. The Morgan fingerprint density at radius 3 is 2.19 bits per heavy atom. The van der Waals surface area contributed by atoms with Gasteiger partial charge in [0.2, 0.25) is 10.0 Å². The predicted octanol–water partition coefficient (Wildman–Crippen LogP) is -0.521. The molecule has 0 spiro atoms. The Balaban J connectivity index is 2.00. The van der Waals surface area contributed by atoms with Crippen molar-refractivity contribution in [3.05, 3.63) is 5.25 Å².